The van der Waals surface area contributed by atoms with E-state index in [1.807, 2.05) is 0 Å². The van der Waals surface area contributed by atoms with Crippen LogP contribution in [0.25, 0.3) is 0 Å². The smallest absolute Gasteiger partial charge is 0.265 e. The largest absolute Gasteiger partial charge is 0.382 e. The maximum Gasteiger partial charge on any atom is 0.265 e. The molecule has 0 aliphatic heterocycles. The Bertz CT molecular complexity index is 484. The predicted molar refractivity (Wildman–Crippen MR) is 88.9 cm³/mol. The van der Waals surface area contributed by atoms with Crippen LogP contribution in [0.1, 0.15) is 69.0 Å². The molecular weight excluding hydrogens is 284 g/mol. The van der Waals surface area contributed by atoms with Gasteiger partial charge < -0.3 is 16.4 Å². The number of amides is 1. The van der Waals surface area contributed by atoms with Gasteiger partial charge in [-0.15, -0.1) is 0 Å². The zero-order valence-corrected chi connectivity index (χ0v) is 14.0. The van der Waals surface area contributed by atoms with Gasteiger partial charge in [0.25, 0.3) is 5.91 Å². The highest BCUT2D eigenvalue weighted by Gasteiger charge is 2.22. The van der Waals surface area contributed by atoms with E-state index in [0.29, 0.717) is 15.8 Å². The molecule has 0 aromatic carbocycles. The minimum absolute atomic E-state index is 0.0844. The molecule has 0 bridgehead atoms. The van der Waals surface area contributed by atoms with E-state index in [-0.39, 0.29) is 17.5 Å². The van der Waals surface area contributed by atoms with Gasteiger partial charge in [-0.1, -0.05) is 37.0 Å². The number of nitrogen functional groups attached to an aromatic ring is 1. The van der Waals surface area contributed by atoms with E-state index >= 15 is 0 Å². The van der Waals surface area contributed by atoms with Gasteiger partial charge in [0.15, 0.2) is 5.13 Å². The average Bonchev–Trinajstić information content (AvgIpc) is 2.59. The van der Waals surface area contributed by atoms with E-state index in [4.69, 9.17) is 5.73 Å². The maximum atomic E-state index is 12.4. The summed E-state index contributed by atoms with van der Waals surface area (Å²) in [6, 6.07) is 0.278. The van der Waals surface area contributed by atoms with Crippen LogP contribution in [0.15, 0.2) is 0 Å². The van der Waals surface area contributed by atoms with Crippen LogP contribution in [0, 0.1) is 0 Å². The Morgan fingerprint density at radius 1 is 1.24 bits per heavy atom. The topological polar surface area (TPSA) is 80.0 Å². The van der Waals surface area contributed by atoms with Crippen molar-refractivity contribution in [2.75, 3.05) is 11.1 Å². The fraction of sp³-hybridized carbons (Fsp3) is 0.733. The summed E-state index contributed by atoms with van der Waals surface area (Å²) in [5.74, 6) is 0.233. The number of thiazole rings is 1. The van der Waals surface area contributed by atoms with Gasteiger partial charge in [-0.05, 0) is 33.6 Å². The number of anilines is 2. The minimum atomic E-state index is -0.0979. The normalized spacial score (nSPS) is 17.3. The fourth-order valence-corrected chi connectivity index (χ4v) is 3.54. The molecule has 4 N–H and O–H groups in total. The maximum absolute atomic E-state index is 12.4. The van der Waals surface area contributed by atoms with Gasteiger partial charge in [-0.25, -0.2) is 4.98 Å². The first-order valence-electron chi connectivity index (χ1n) is 7.70. The van der Waals surface area contributed by atoms with Crippen LogP contribution in [0.3, 0.4) is 0 Å². The Labute approximate surface area is 130 Å². The summed E-state index contributed by atoms with van der Waals surface area (Å²) in [6.45, 7) is 6.15. The molecule has 0 spiro atoms. The number of nitrogens with zero attached hydrogens (tertiary/aromatic N) is 1. The second-order valence-corrected chi connectivity index (χ2v) is 7.77. The Hall–Kier alpha value is -1.30. The number of hydrogen-bond acceptors (Lipinski definition) is 5. The third-order valence-corrected chi connectivity index (χ3v) is 4.52. The predicted octanol–water partition coefficient (Wildman–Crippen LogP) is 3.39. The third-order valence-electron chi connectivity index (χ3n) is 3.53. The number of carbonyl (C=O) groups excluding carboxylic acids is 1. The van der Waals surface area contributed by atoms with E-state index in [2.05, 4.69) is 36.4 Å². The van der Waals surface area contributed by atoms with Crippen molar-refractivity contribution in [2.24, 2.45) is 0 Å². The lowest BCUT2D eigenvalue weighted by molar-refractivity contribution is 0.0938. The van der Waals surface area contributed by atoms with Crippen molar-refractivity contribution < 1.29 is 4.79 Å². The van der Waals surface area contributed by atoms with Gasteiger partial charge in [-0.2, -0.15) is 0 Å². The summed E-state index contributed by atoms with van der Waals surface area (Å²) in [4.78, 5) is 17.1. The fourth-order valence-electron chi connectivity index (χ4n) is 2.54. The molecule has 1 heterocycles. The van der Waals surface area contributed by atoms with Crippen LogP contribution in [-0.2, 0) is 0 Å². The van der Waals surface area contributed by atoms with Crippen LogP contribution in [0.5, 0.6) is 0 Å². The number of nitrogens with one attached hydrogen (secondary N) is 2. The molecule has 0 unspecified atom stereocenters. The lowest BCUT2D eigenvalue weighted by Crippen LogP contribution is -2.34. The summed E-state index contributed by atoms with van der Waals surface area (Å²) in [5, 5.41) is 7.07. The molecule has 2 rings (SSSR count). The zero-order valence-electron chi connectivity index (χ0n) is 13.2. The molecular formula is C15H26N4OS. The summed E-state index contributed by atoms with van der Waals surface area (Å²) < 4.78 is 0. The summed E-state index contributed by atoms with van der Waals surface area (Å²) >= 11 is 1.33. The zero-order chi connectivity index (χ0) is 15.5. The molecule has 1 saturated carbocycles. The second-order valence-electron chi connectivity index (χ2n) is 6.77. The van der Waals surface area contributed by atoms with Crippen molar-refractivity contribution in [1.29, 1.82) is 0 Å². The second kappa shape index (κ2) is 6.64. The Kier molecular flexibility index (Phi) is 5.08. The minimum Gasteiger partial charge on any atom is -0.382 e. The monoisotopic (exact) mass is 310 g/mol. The van der Waals surface area contributed by atoms with Crippen LogP contribution >= 0.6 is 11.3 Å². The Balaban J connectivity index is 2.01. The number of rotatable bonds is 3. The number of aromatic nitrogens is 1. The number of carbonyl (C=O) groups is 1. The van der Waals surface area contributed by atoms with Crippen molar-refractivity contribution in [3.05, 3.63) is 4.88 Å². The van der Waals surface area contributed by atoms with Crippen molar-refractivity contribution >= 4 is 28.2 Å². The highest BCUT2D eigenvalue weighted by Crippen LogP contribution is 2.27. The summed E-state index contributed by atoms with van der Waals surface area (Å²) in [6.07, 6.45) is 7.07. The van der Waals surface area contributed by atoms with Crippen molar-refractivity contribution in [1.82, 2.24) is 10.3 Å². The van der Waals surface area contributed by atoms with Crippen molar-refractivity contribution in [3.8, 4) is 0 Å². The Morgan fingerprint density at radius 2 is 1.86 bits per heavy atom. The first kappa shape index (κ1) is 16.1. The van der Waals surface area contributed by atoms with Gasteiger partial charge in [0.1, 0.15) is 10.7 Å². The van der Waals surface area contributed by atoms with Crippen molar-refractivity contribution in [3.63, 3.8) is 0 Å². The van der Waals surface area contributed by atoms with E-state index in [9.17, 15) is 4.79 Å². The van der Waals surface area contributed by atoms with Crippen molar-refractivity contribution in [2.45, 2.75) is 70.9 Å². The molecule has 1 aromatic heterocycles. The van der Waals surface area contributed by atoms with Crippen LogP contribution in [0.4, 0.5) is 10.9 Å². The number of hydrogen-bond donors (Lipinski definition) is 3. The molecule has 1 aliphatic carbocycles. The third kappa shape index (κ3) is 4.88. The average molecular weight is 310 g/mol. The quantitative estimate of drug-likeness (QED) is 0.748. The molecule has 5 nitrogen and oxygen atoms in total. The summed E-state index contributed by atoms with van der Waals surface area (Å²) in [7, 11) is 0. The molecule has 118 valence electrons. The molecule has 0 atom stereocenters. The van der Waals surface area contributed by atoms with E-state index < -0.39 is 0 Å². The first-order valence-corrected chi connectivity index (χ1v) is 8.52. The molecule has 1 aliphatic rings. The SMILES string of the molecule is CC(C)(C)Nc1nc(N)c(C(=O)NC2CCCCCC2)s1. The van der Waals surface area contributed by atoms with E-state index in [1.54, 1.807) is 0 Å². The van der Waals surface area contributed by atoms with Gasteiger partial charge in [0, 0.05) is 11.6 Å². The van der Waals surface area contributed by atoms with Gasteiger partial charge in [-0.3, -0.25) is 4.79 Å². The molecule has 6 heteroatoms. The van der Waals surface area contributed by atoms with Crippen LogP contribution < -0.4 is 16.4 Å². The molecule has 1 amide bonds. The van der Waals surface area contributed by atoms with Gasteiger partial charge in [0.2, 0.25) is 0 Å². The van der Waals surface area contributed by atoms with Gasteiger partial charge >= 0.3 is 0 Å². The van der Waals surface area contributed by atoms with Gasteiger partial charge in [0.05, 0.1) is 0 Å². The van der Waals surface area contributed by atoms with E-state index in [1.165, 1.54) is 37.0 Å². The standard InChI is InChI=1S/C15H26N4OS/c1-15(2,3)19-14-18-12(16)11(21-14)13(20)17-10-8-6-4-5-7-9-10/h10H,4-9,16H2,1-3H3,(H,17,20)(H,18,19). The van der Waals surface area contributed by atoms with E-state index in [0.717, 1.165) is 12.8 Å². The summed E-state index contributed by atoms with van der Waals surface area (Å²) in [5.41, 5.74) is 5.80. The number of nitrogens with two attached hydrogens (primary N) is 1. The first-order chi connectivity index (χ1) is 9.85. The highest BCUT2D eigenvalue weighted by atomic mass is 32.1. The lowest BCUT2D eigenvalue weighted by atomic mass is 10.1. The molecule has 0 saturated heterocycles. The Morgan fingerprint density at radius 3 is 2.43 bits per heavy atom. The molecule has 21 heavy (non-hydrogen) atoms. The lowest BCUT2D eigenvalue weighted by Gasteiger charge is -2.19. The molecule has 0 radical (unpaired) electrons. The van der Waals surface area contributed by atoms with Crippen LogP contribution in [-0.4, -0.2) is 22.5 Å². The van der Waals surface area contributed by atoms with Crippen LogP contribution in [0.2, 0.25) is 0 Å². The molecule has 1 aromatic rings. The molecule has 1 fully saturated rings. The highest BCUT2D eigenvalue weighted by molar-refractivity contribution is 7.18.